The fourth-order valence-electron chi connectivity index (χ4n) is 2.23. The molecule has 0 bridgehead atoms. The Labute approximate surface area is 156 Å². The predicted molar refractivity (Wildman–Crippen MR) is 98.9 cm³/mol. The van der Waals surface area contributed by atoms with E-state index in [0.717, 1.165) is 18.4 Å². The van der Waals surface area contributed by atoms with Gasteiger partial charge in [-0.3, -0.25) is 4.79 Å². The fraction of sp³-hybridized carbons (Fsp3) is 0.235. The summed E-state index contributed by atoms with van der Waals surface area (Å²) < 4.78 is 27.4. The van der Waals surface area contributed by atoms with Crippen molar-refractivity contribution in [2.45, 2.75) is 30.7 Å². The minimum Gasteiger partial charge on any atom is -0.322 e. The summed E-state index contributed by atoms with van der Waals surface area (Å²) in [6.07, 6.45) is 1.59. The molecule has 0 aliphatic heterocycles. The molecule has 1 aliphatic carbocycles. The van der Waals surface area contributed by atoms with Gasteiger partial charge < -0.3 is 5.32 Å². The number of carbonyl (C=O) groups excluding carboxylic acids is 1. The van der Waals surface area contributed by atoms with Crippen LogP contribution in [-0.4, -0.2) is 20.4 Å². The molecule has 1 amide bonds. The number of rotatable bonds is 5. The van der Waals surface area contributed by atoms with E-state index in [1.54, 1.807) is 12.1 Å². The number of aryl methyl sites for hydroxylation is 1. The van der Waals surface area contributed by atoms with E-state index in [2.05, 4.69) is 10.0 Å². The molecule has 132 valence electrons. The average Bonchev–Trinajstić information content (AvgIpc) is 3.32. The number of amides is 1. The van der Waals surface area contributed by atoms with Gasteiger partial charge in [0.15, 0.2) is 0 Å². The van der Waals surface area contributed by atoms with Gasteiger partial charge >= 0.3 is 0 Å². The van der Waals surface area contributed by atoms with Crippen molar-refractivity contribution in [3.05, 3.63) is 57.6 Å². The summed E-state index contributed by atoms with van der Waals surface area (Å²) in [7, 11) is -3.80. The first kappa shape index (κ1) is 18.2. The van der Waals surface area contributed by atoms with Crippen LogP contribution in [0.3, 0.4) is 0 Å². The van der Waals surface area contributed by atoms with Crippen molar-refractivity contribution in [1.29, 1.82) is 0 Å². The zero-order valence-electron chi connectivity index (χ0n) is 13.3. The number of hydrogen-bond acceptors (Lipinski definition) is 3. The van der Waals surface area contributed by atoms with Gasteiger partial charge in [-0.15, -0.1) is 0 Å². The van der Waals surface area contributed by atoms with Crippen LogP contribution < -0.4 is 10.0 Å². The van der Waals surface area contributed by atoms with Gasteiger partial charge in [0.25, 0.3) is 5.91 Å². The first-order chi connectivity index (χ1) is 11.8. The van der Waals surface area contributed by atoms with E-state index in [1.165, 1.54) is 12.1 Å². The third-order valence-electron chi connectivity index (χ3n) is 3.76. The Balaban J connectivity index is 1.91. The standard InChI is InChI=1S/C17H16Cl2N2O3S/c1-10-2-4-11(5-3-10)20-17(22)13-8-16(15(19)9-14(13)18)25(23,24)21-12-6-7-12/h2-5,8-9,12,21H,6-7H2,1H3,(H,20,22). The highest BCUT2D eigenvalue weighted by Gasteiger charge is 2.30. The monoisotopic (exact) mass is 398 g/mol. The maximum absolute atomic E-state index is 12.5. The lowest BCUT2D eigenvalue weighted by molar-refractivity contribution is 0.102. The molecule has 5 nitrogen and oxygen atoms in total. The van der Waals surface area contributed by atoms with Gasteiger partial charge in [0.05, 0.1) is 15.6 Å². The van der Waals surface area contributed by atoms with E-state index >= 15 is 0 Å². The largest absolute Gasteiger partial charge is 0.322 e. The fourth-order valence-corrected chi connectivity index (χ4v) is 4.39. The Morgan fingerprint density at radius 1 is 1.08 bits per heavy atom. The van der Waals surface area contributed by atoms with Gasteiger partial charge in [-0.2, -0.15) is 0 Å². The molecule has 8 heteroatoms. The lowest BCUT2D eigenvalue weighted by Gasteiger charge is -2.12. The van der Waals surface area contributed by atoms with Crippen LogP contribution in [0.15, 0.2) is 41.3 Å². The lowest BCUT2D eigenvalue weighted by Crippen LogP contribution is -2.26. The van der Waals surface area contributed by atoms with E-state index in [-0.39, 0.29) is 26.5 Å². The molecule has 0 unspecified atom stereocenters. The van der Waals surface area contributed by atoms with Gasteiger partial charge in [-0.05, 0) is 44.0 Å². The molecule has 2 aromatic carbocycles. The van der Waals surface area contributed by atoms with Crippen LogP contribution in [0.2, 0.25) is 10.0 Å². The molecule has 0 saturated heterocycles. The molecule has 2 N–H and O–H groups in total. The van der Waals surface area contributed by atoms with Crippen LogP contribution in [0.5, 0.6) is 0 Å². The van der Waals surface area contributed by atoms with Crippen molar-refractivity contribution in [2.24, 2.45) is 0 Å². The molecule has 3 rings (SSSR count). The number of anilines is 1. The summed E-state index contributed by atoms with van der Waals surface area (Å²) >= 11 is 12.1. The molecule has 0 atom stereocenters. The van der Waals surface area contributed by atoms with Crippen LogP contribution in [0.1, 0.15) is 28.8 Å². The molecule has 2 aromatic rings. The molecule has 1 saturated carbocycles. The zero-order chi connectivity index (χ0) is 18.2. The van der Waals surface area contributed by atoms with Gasteiger partial charge in [-0.1, -0.05) is 40.9 Å². The molecule has 0 spiro atoms. The van der Waals surface area contributed by atoms with E-state index in [4.69, 9.17) is 23.2 Å². The number of sulfonamides is 1. The SMILES string of the molecule is Cc1ccc(NC(=O)c2cc(S(=O)(=O)NC3CC3)c(Cl)cc2Cl)cc1. The van der Waals surface area contributed by atoms with Crippen molar-refractivity contribution in [2.75, 3.05) is 5.32 Å². The van der Waals surface area contributed by atoms with E-state index in [1.807, 2.05) is 19.1 Å². The smallest absolute Gasteiger partial charge is 0.257 e. The summed E-state index contributed by atoms with van der Waals surface area (Å²) in [6.45, 7) is 1.94. The topological polar surface area (TPSA) is 75.3 Å². The van der Waals surface area contributed by atoms with Gasteiger partial charge in [0.1, 0.15) is 4.90 Å². The van der Waals surface area contributed by atoms with Crippen molar-refractivity contribution in [3.8, 4) is 0 Å². The zero-order valence-corrected chi connectivity index (χ0v) is 15.7. The summed E-state index contributed by atoms with van der Waals surface area (Å²) in [5.41, 5.74) is 1.69. The second kappa shape index (κ2) is 6.96. The maximum atomic E-state index is 12.5. The van der Waals surface area contributed by atoms with Gasteiger partial charge in [-0.25, -0.2) is 13.1 Å². The molecular formula is C17H16Cl2N2O3S. The lowest BCUT2D eigenvalue weighted by atomic mass is 10.2. The molecule has 0 aromatic heterocycles. The van der Waals surface area contributed by atoms with E-state index < -0.39 is 15.9 Å². The number of nitrogens with one attached hydrogen (secondary N) is 2. The Bertz CT molecular complexity index is 924. The summed E-state index contributed by atoms with van der Waals surface area (Å²) in [6, 6.07) is 9.63. The van der Waals surface area contributed by atoms with Gasteiger partial charge in [0.2, 0.25) is 10.0 Å². The first-order valence-electron chi connectivity index (χ1n) is 7.65. The first-order valence-corrected chi connectivity index (χ1v) is 9.89. The number of hydrogen-bond donors (Lipinski definition) is 2. The predicted octanol–water partition coefficient (Wildman–Crippen LogP) is 3.99. The summed E-state index contributed by atoms with van der Waals surface area (Å²) in [4.78, 5) is 12.3. The highest BCUT2D eigenvalue weighted by Crippen LogP contribution is 2.31. The second-order valence-corrected chi connectivity index (χ2v) is 8.47. The van der Waals surface area contributed by atoms with Crippen LogP contribution in [0, 0.1) is 6.92 Å². The molecule has 25 heavy (non-hydrogen) atoms. The average molecular weight is 399 g/mol. The molecule has 1 aliphatic rings. The second-order valence-electron chi connectivity index (χ2n) is 5.98. The molecule has 0 radical (unpaired) electrons. The minimum absolute atomic E-state index is 0.0231. The molecule has 1 fully saturated rings. The highest BCUT2D eigenvalue weighted by atomic mass is 35.5. The number of halogens is 2. The van der Waals surface area contributed by atoms with Crippen LogP contribution in [0.4, 0.5) is 5.69 Å². The van der Waals surface area contributed by atoms with Crippen LogP contribution >= 0.6 is 23.2 Å². The third kappa shape index (κ3) is 4.33. The van der Waals surface area contributed by atoms with Crippen molar-refractivity contribution < 1.29 is 13.2 Å². The van der Waals surface area contributed by atoms with E-state index in [0.29, 0.717) is 5.69 Å². The summed E-state index contributed by atoms with van der Waals surface area (Å²) in [5.74, 6) is -0.506. The van der Waals surface area contributed by atoms with Crippen molar-refractivity contribution >= 4 is 44.8 Å². The Morgan fingerprint density at radius 3 is 2.32 bits per heavy atom. The Morgan fingerprint density at radius 2 is 1.72 bits per heavy atom. The van der Waals surface area contributed by atoms with Crippen molar-refractivity contribution in [3.63, 3.8) is 0 Å². The highest BCUT2D eigenvalue weighted by molar-refractivity contribution is 7.89. The van der Waals surface area contributed by atoms with Crippen LogP contribution in [0.25, 0.3) is 0 Å². The van der Waals surface area contributed by atoms with Crippen molar-refractivity contribution in [1.82, 2.24) is 4.72 Å². The Hall–Kier alpha value is -1.60. The maximum Gasteiger partial charge on any atom is 0.257 e. The molecular weight excluding hydrogens is 383 g/mol. The van der Waals surface area contributed by atoms with Gasteiger partial charge in [0, 0.05) is 11.7 Å². The van der Waals surface area contributed by atoms with E-state index in [9.17, 15) is 13.2 Å². The third-order valence-corrected chi connectivity index (χ3v) is 6.06. The van der Waals surface area contributed by atoms with Crippen LogP contribution in [-0.2, 0) is 10.0 Å². The minimum atomic E-state index is -3.80. The number of benzene rings is 2. The number of carbonyl (C=O) groups is 1. The summed E-state index contributed by atoms with van der Waals surface area (Å²) in [5, 5.41) is 2.76. The Kier molecular flexibility index (Phi) is 5.06. The quantitative estimate of drug-likeness (QED) is 0.798. The molecule has 0 heterocycles. The normalized spacial score (nSPS) is 14.4.